The lowest BCUT2D eigenvalue weighted by Gasteiger charge is -2.51. The first-order valence-electron chi connectivity index (χ1n) is 9.09. The molecule has 4 rings (SSSR count). The van der Waals surface area contributed by atoms with Crippen LogP contribution in [0.5, 0.6) is 0 Å². The van der Waals surface area contributed by atoms with Gasteiger partial charge < -0.3 is 36.6 Å². The van der Waals surface area contributed by atoms with Gasteiger partial charge in [-0.25, -0.2) is 14.9 Å². The number of nitrogens with zero attached hydrogens (tertiary/aromatic N) is 3. The Labute approximate surface area is 166 Å². The van der Waals surface area contributed by atoms with Crippen molar-refractivity contribution in [3.63, 3.8) is 0 Å². The number of nitrogen functional groups attached to an aromatic ring is 1. The Hall–Kier alpha value is -3.02. The number of aliphatic hydroxyl groups excluding tert-OH is 1. The monoisotopic (exact) mass is 404 g/mol. The molecule has 11 nitrogen and oxygen atoms in total. The number of nitrogens with one attached hydrogen (secondary N) is 1. The second-order valence-corrected chi connectivity index (χ2v) is 7.62. The van der Waals surface area contributed by atoms with Gasteiger partial charge in [0.05, 0.1) is 24.8 Å². The summed E-state index contributed by atoms with van der Waals surface area (Å²) in [5.41, 5.74) is 9.11. The molecule has 3 aliphatic rings. The summed E-state index contributed by atoms with van der Waals surface area (Å²) >= 11 is 0. The van der Waals surface area contributed by atoms with Crippen molar-refractivity contribution in [3.05, 3.63) is 42.2 Å². The summed E-state index contributed by atoms with van der Waals surface area (Å²) in [5.74, 6) is -0.553. The van der Waals surface area contributed by atoms with Gasteiger partial charge >= 0.3 is 5.97 Å². The molecule has 2 saturated heterocycles. The topological polar surface area (TPSA) is 170 Å². The fourth-order valence-electron chi connectivity index (χ4n) is 4.54. The highest BCUT2D eigenvalue weighted by Crippen LogP contribution is 2.50. The van der Waals surface area contributed by atoms with Gasteiger partial charge in [0.1, 0.15) is 17.5 Å². The van der Waals surface area contributed by atoms with E-state index in [1.54, 1.807) is 12.1 Å². The lowest BCUT2D eigenvalue weighted by molar-refractivity contribution is -0.239. The third-order valence-electron chi connectivity index (χ3n) is 6.01. The van der Waals surface area contributed by atoms with Crippen molar-refractivity contribution >= 4 is 17.6 Å². The number of guanidine groups is 1. The maximum Gasteiger partial charge on any atom is 0.338 e. The number of carbonyl (C=O) groups is 1. The van der Waals surface area contributed by atoms with Gasteiger partial charge in [-0.2, -0.15) is 0 Å². The first kappa shape index (κ1) is 19.3. The van der Waals surface area contributed by atoms with E-state index < -0.39 is 35.4 Å². The molecule has 0 bridgehead atoms. The predicted octanol–water partition coefficient (Wildman–Crippen LogP) is -1.62. The maximum absolute atomic E-state index is 12.6. The zero-order valence-corrected chi connectivity index (χ0v) is 15.8. The summed E-state index contributed by atoms with van der Waals surface area (Å²) in [6, 6.07) is 4.66. The molecule has 0 aliphatic carbocycles. The van der Waals surface area contributed by atoms with Gasteiger partial charge in [0.2, 0.25) is 0 Å². The number of rotatable bonds is 3. The van der Waals surface area contributed by atoms with Crippen molar-refractivity contribution in [2.45, 2.75) is 36.4 Å². The van der Waals surface area contributed by atoms with Crippen molar-refractivity contribution in [2.75, 3.05) is 18.9 Å². The van der Waals surface area contributed by atoms with E-state index in [1.165, 1.54) is 24.0 Å². The van der Waals surface area contributed by atoms with Crippen LogP contribution in [0.25, 0.3) is 0 Å². The Morgan fingerprint density at radius 1 is 1.41 bits per heavy atom. The Morgan fingerprint density at radius 2 is 2.07 bits per heavy atom. The zero-order valence-electron chi connectivity index (χ0n) is 15.8. The van der Waals surface area contributed by atoms with E-state index in [4.69, 9.17) is 16.2 Å². The van der Waals surface area contributed by atoms with Crippen LogP contribution < -0.4 is 16.8 Å². The molecule has 1 spiro atoms. The molecular formula is C18H24N6O5. The maximum atomic E-state index is 12.6. The average molecular weight is 404 g/mol. The molecule has 8 N–H and O–H groups in total. The summed E-state index contributed by atoms with van der Waals surface area (Å²) in [4.78, 5) is 18.4. The molecule has 0 aromatic heterocycles. The van der Waals surface area contributed by atoms with Gasteiger partial charge in [-0.05, 0) is 31.2 Å². The molecule has 5 atom stereocenters. The summed E-state index contributed by atoms with van der Waals surface area (Å²) in [5, 5.41) is 35.9. The van der Waals surface area contributed by atoms with Crippen LogP contribution >= 0.6 is 0 Å². The van der Waals surface area contributed by atoms with Crippen LogP contribution in [-0.2, 0) is 4.74 Å². The Morgan fingerprint density at radius 3 is 2.69 bits per heavy atom. The summed E-state index contributed by atoms with van der Waals surface area (Å²) in [6.07, 6.45) is -1.07. The number of aliphatic imine (C=N–C) groups is 1. The summed E-state index contributed by atoms with van der Waals surface area (Å²) < 4.78 is 5.61. The molecule has 0 saturated carbocycles. The van der Waals surface area contributed by atoms with E-state index in [9.17, 15) is 20.2 Å². The highest BCUT2D eigenvalue weighted by molar-refractivity contribution is 5.90. The highest BCUT2D eigenvalue weighted by Gasteiger charge is 2.75. The number of hydrogen-bond acceptors (Lipinski definition) is 11. The molecule has 2 unspecified atom stereocenters. The van der Waals surface area contributed by atoms with E-state index in [-0.39, 0.29) is 30.5 Å². The van der Waals surface area contributed by atoms with E-state index >= 15 is 0 Å². The van der Waals surface area contributed by atoms with Gasteiger partial charge in [0.15, 0.2) is 17.7 Å². The number of carbonyl (C=O) groups excluding carboxylic acids is 1. The van der Waals surface area contributed by atoms with E-state index in [1.807, 2.05) is 0 Å². The van der Waals surface area contributed by atoms with Crippen molar-refractivity contribution in [3.8, 4) is 0 Å². The van der Waals surface area contributed by atoms with Crippen LogP contribution in [0.2, 0.25) is 0 Å². The fraction of sp³-hybridized carbons (Fsp3) is 0.444. The highest BCUT2D eigenvalue weighted by atomic mass is 16.6. The largest absolute Gasteiger partial charge is 0.454 e. The first-order chi connectivity index (χ1) is 13.6. The van der Waals surface area contributed by atoms with Crippen LogP contribution in [-0.4, -0.2) is 79.9 Å². The van der Waals surface area contributed by atoms with Crippen LogP contribution in [0.1, 0.15) is 17.3 Å². The zero-order chi connectivity index (χ0) is 21.1. The molecule has 0 amide bonds. The van der Waals surface area contributed by atoms with Crippen molar-refractivity contribution < 1.29 is 25.0 Å². The van der Waals surface area contributed by atoms with E-state index in [0.717, 1.165) is 5.06 Å². The molecule has 29 heavy (non-hydrogen) atoms. The van der Waals surface area contributed by atoms with Gasteiger partial charge in [0, 0.05) is 5.69 Å². The third-order valence-corrected chi connectivity index (χ3v) is 6.01. The number of hydroxylamine groups is 2. The first-order valence-corrected chi connectivity index (χ1v) is 9.09. The van der Waals surface area contributed by atoms with E-state index in [2.05, 4.69) is 16.9 Å². The number of ether oxygens (including phenoxy) is 1. The number of aliphatic hydroxyl groups is 2. The number of benzene rings is 1. The van der Waals surface area contributed by atoms with Crippen molar-refractivity contribution in [1.82, 2.24) is 15.3 Å². The van der Waals surface area contributed by atoms with Gasteiger partial charge in [0.25, 0.3) is 0 Å². The van der Waals surface area contributed by atoms with Gasteiger partial charge in [-0.15, -0.1) is 0 Å². The van der Waals surface area contributed by atoms with Crippen LogP contribution in [0.3, 0.4) is 0 Å². The SMILES string of the molecule is C=C1NC2[C@H](CO)N=C(N)N3C[C@H](OC(=O)c4ccc(N)cc4)[C@](C)(O)C23N1O. The second kappa shape index (κ2) is 6.24. The summed E-state index contributed by atoms with van der Waals surface area (Å²) in [6.45, 7) is 4.79. The minimum Gasteiger partial charge on any atom is -0.454 e. The smallest absolute Gasteiger partial charge is 0.338 e. The molecular weight excluding hydrogens is 380 g/mol. The van der Waals surface area contributed by atoms with Crippen LogP contribution in [0.4, 0.5) is 5.69 Å². The molecule has 3 aliphatic heterocycles. The normalized spacial score (nSPS) is 35.7. The molecule has 0 radical (unpaired) electrons. The number of anilines is 1. The molecule has 1 aromatic rings. The van der Waals surface area contributed by atoms with Crippen molar-refractivity contribution in [2.24, 2.45) is 10.7 Å². The number of nitrogens with two attached hydrogens (primary N) is 2. The number of hydrogen-bond donors (Lipinski definition) is 6. The quantitative estimate of drug-likeness (QED) is 0.254. The predicted molar refractivity (Wildman–Crippen MR) is 102 cm³/mol. The lowest BCUT2D eigenvalue weighted by Crippen LogP contribution is -2.76. The molecule has 3 heterocycles. The van der Waals surface area contributed by atoms with Gasteiger partial charge in [-0.1, -0.05) is 6.58 Å². The minimum absolute atomic E-state index is 0.00200. The van der Waals surface area contributed by atoms with Gasteiger partial charge in [-0.3, -0.25) is 5.21 Å². The molecule has 1 aromatic carbocycles. The van der Waals surface area contributed by atoms with Crippen molar-refractivity contribution in [1.29, 1.82) is 0 Å². The number of esters is 1. The van der Waals surface area contributed by atoms with E-state index in [0.29, 0.717) is 5.69 Å². The third kappa shape index (κ3) is 2.41. The molecule has 2 fully saturated rings. The standard InChI is InChI=1S/C18H24N6O5/c1-9-21-14-12(8-25)22-16(20)23-7-13(17(2,27)18(14,23)24(9)28)29-15(26)10-3-5-11(19)6-4-10/h3-6,12-14,21,25,27-28H,1,7-8,19H2,2H3,(H2,20,22)/t12-,13-,14?,17-,18?/m0/s1. The minimum atomic E-state index is -1.81. The van der Waals surface area contributed by atoms with Crippen LogP contribution in [0, 0.1) is 0 Å². The van der Waals surface area contributed by atoms with Crippen LogP contribution in [0.15, 0.2) is 41.7 Å². The summed E-state index contributed by atoms with van der Waals surface area (Å²) in [7, 11) is 0. The molecule has 11 heteroatoms. The molecule has 156 valence electrons. The Balaban J connectivity index is 1.72. The Kier molecular flexibility index (Phi) is 4.15. The average Bonchev–Trinajstić information content (AvgIpc) is 3.08. The fourth-order valence-corrected chi connectivity index (χ4v) is 4.54. The Bertz CT molecular complexity index is 887. The lowest BCUT2D eigenvalue weighted by atomic mass is 9.79. The second-order valence-electron chi connectivity index (χ2n) is 7.62.